The zero-order valence-electron chi connectivity index (χ0n) is 18.6. The molecule has 1 N–H and O–H groups in total. The number of carbonyl (C=O) groups is 1. The van der Waals surface area contributed by atoms with Crippen LogP contribution in [0.2, 0.25) is 5.02 Å². The number of halogens is 1. The van der Waals surface area contributed by atoms with E-state index >= 15 is 0 Å². The molecule has 1 fully saturated rings. The molecule has 0 bridgehead atoms. The summed E-state index contributed by atoms with van der Waals surface area (Å²) in [6.07, 6.45) is 5.71. The zero-order valence-corrected chi connectivity index (χ0v) is 20.2. The molecule has 0 heterocycles. The van der Waals surface area contributed by atoms with E-state index in [2.05, 4.69) is 5.32 Å². The SMILES string of the molecule is Cc1cc(Cl)ccc1OCCCC(=O)Nc1ccccc1S(=O)(=O)N(C)C1CCCCC1. The molecular weight excluding hydrogens is 448 g/mol. The smallest absolute Gasteiger partial charge is 0.245 e. The van der Waals surface area contributed by atoms with Crippen LogP contribution in [0.5, 0.6) is 5.75 Å². The van der Waals surface area contributed by atoms with Crippen molar-refractivity contribution in [1.29, 1.82) is 0 Å². The standard InChI is InChI=1S/C24H31ClN2O4S/c1-18-17-19(25)14-15-22(18)31-16-8-13-24(28)26-21-11-6-7-12-23(21)32(29,30)27(2)20-9-4-3-5-10-20/h6-7,11-12,14-15,17,20H,3-5,8-10,13,16H2,1-2H3,(H,26,28). The van der Waals surface area contributed by atoms with E-state index in [0.29, 0.717) is 23.7 Å². The van der Waals surface area contributed by atoms with Crippen molar-refractivity contribution in [3.8, 4) is 5.75 Å². The highest BCUT2D eigenvalue weighted by atomic mass is 35.5. The van der Waals surface area contributed by atoms with Gasteiger partial charge in [-0.1, -0.05) is 43.0 Å². The topological polar surface area (TPSA) is 75.7 Å². The second kappa shape index (κ2) is 11.2. The minimum absolute atomic E-state index is 0.00554. The van der Waals surface area contributed by atoms with Gasteiger partial charge in [-0.3, -0.25) is 4.79 Å². The zero-order chi connectivity index (χ0) is 23.1. The van der Waals surface area contributed by atoms with Gasteiger partial charge in [0.05, 0.1) is 12.3 Å². The van der Waals surface area contributed by atoms with E-state index in [4.69, 9.17) is 16.3 Å². The summed E-state index contributed by atoms with van der Waals surface area (Å²) >= 11 is 5.95. The van der Waals surface area contributed by atoms with Gasteiger partial charge in [0.2, 0.25) is 15.9 Å². The van der Waals surface area contributed by atoms with Crippen LogP contribution in [0.1, 0.15) is 50.5 Å². The average Bonchev–Trinajstić information content (AvgIpc) is 2.78. The van der Waals surface area contributed by atoms with Gasteiger partial charge < -0.3 is 10.1 Å². The highest BCUT2D eigenvalue weighted by Gasteiger charge is 2.30. The number of ether oxygens (including phenoxy) is 1. The molecule has 2 aromatic carbocycles. The van der Waals surface area contributed by atoms with Crippen LogP contribution in [0.4, 0.5) is 5.69 Å². The number of sulfonamides is 1. The third-order valence-corrected chi connectivity index (χ3v) is 8.05. The van der Waals surface area contributed by atoms with E-state index in [1.165, 1.54) is 4.31 Å². The number of rotatable bonds is 9. The second-order valence-electron chi connectivity index (χ2n) is 8.22. The Labute approximate surface area is 196 Å². The molecule has 2 aromatic rings. The molecule has 0 aliphatic heterocycles. The number of aryl methyl sites for hydroxylation is 1. The minimum Gasteiger partial charge on any atom is -0.493 e. The first-order valence-electron chi connectivity index (χ1n) is 11.0. The molecule has 0 radical (unpaired) electrons. The fraction of sp³-hybridized carbons (Fsp3) is 0.458. The van der Waals surface area contributed by atoms with Gasteiger partial charge in [0.15, 0.2) is 0 Å². The van der Waals surface area contributed by atoms with Crippen LogP contribution in [0.25, 0.3) is 0 Å². The summed E-state index contributed by atoms with van der Waals surface area (Å²) in [5.41, 5.74) is 1.25. The van der Waals surface area contributed by atoms with Gasteiger partial charge in [0.25, 0.3) is 0 Å². The van der Waals surface area contributed by atoms with Gasteiger partial charge in [-0.25, -0.2) is 8.42 Å². The van der Waals surface area contributed by atoms with Gasteiger partial charge in [-0.05, 0) is 62.1 Å². The molecule has 0 aromatic heterocycles. The maximum atomic E-state index is 13.3. The van der Waals surface area contributed by atoms with Gasteiger partial charge >= 0.3 is 0 Å². The van der Waals surface area contributed by atoms with Crippen molar-refractivity contribution in [2.24, 2.45) is 0 Å². The number of carbonyl (C=O) groups excluding carboxylic acids is 1. The number of para-hydroxylation sites is 1. The molecule has 1 aliphatic carbocycles. The van der Waals surface area contributed by atoms with Gasteiger partial charge in [0.1, 0.15) is 10.6 Å². The van der Waals surface area contributed by atoms with Crippen molar-refractivity contribution in [2.45, 2.75) is 62.8 Å². The van der Waals surface area contributed by atoms with Crippen molar-refractivity contribution in [2.75, 3.05) is 19.0 Å². The Balaban J connectivity index is 1.58. The van der Waals surface area contributed by atoms with Crippen LogP contribution >= 0.6 is 11.6 Å². The molecule has 6 nitrogen and oxygen atoms in total. The fourth-order valence-electron chi connectivity index (χ4n) is 3.99. The van der Waals surface area contributed by atoms with Crippen LogP contribution in [0.3, 0.4) is 0 Å². The number of nitrogens with zero attached hydrogens (tertiary/aromatic N) is 1. The molecule has 32 heavy (non-hydrogen) atoms. The molecule has 0 saturated heterocycles. The number of hydrogen-bond donors (Lipinski definition) is 1. The van der Waals surface area contributed by atoms with E-state index in [9.17, 15) is 13.2 Å². The van der Waals surface area contributed by atoms with Crippen molar-refractivity contribution in [3.63, 3.8) is 0 Å². The van der Waals surface area contributed by atoms with E-state index in [0.717, 1.165) is 43.4 Å². The quantitative estimate of drug-likeness (QED) is 0.489. The van der Waals surface area contributed by atoms with Crippen LogP contribution < -0.4 is 10.1 Å². The van der Waals surface area contributed by atoms with Crippen LogP contribution in [0.15, 0.2) is 47.4 Å². The summed E-state index contributed by atoms with van der Waals surface area (Å²) in [4.78, 5) is 12.6. The highest BCUT2D eigenvalue weighted by molar-refractivity contribution is 7.89. The summed E-state index contributed by atoms with van der Waals surface area (Å²) in [5, 5.41) is 3.42. The van der Waals surface area contributed by atoms with Crippen LogP contribution in [-0.4, -0.2) is 38.3 Å². The molecular formula is C24H31ClN2O4S. The maximum absolute atomic E-state index is 13.3. The van der Waals surface area contributed by atoms with Crippen LogP contribution in [0, 0.1) is 6.92 Å². The molecule has 1 saturated carbocycles. The van der Waals surface area contributed by atoms with Gasteiger partial charge in [-0.15, -0.1) is 0 Å². The molecule has 0 spiro atoms. The number of hydrogen-bond acceptors (Lipinski definition) is 4. The summed E-state index contributed by atoms with van der Waals surface area (Å²) in [7, 11) is -2.06. The first-order valence-corrected chi connectivity index (χ1v) is 12.9. The number of anilines is 1. The maximum Gasteiger partial charge on any atom is 0.245 e. The predicted octanol–water partition coefficient (Wildman–Crippen LogP) is 5.40. The van der Waals surface area contributed by atoms with Crippen molar-refractivity contribution < 1.29 is 17.9 Å². The minimum atomic E-state index is -3.70. The second-order valence-corrected chi connectivity index (χ2v) is 10.6. The number of benzene rings is 2. The molecule has 8 heteroatoms. The Hall–Kier alpha value is -2.09. The molecule has 0 atom stereocenters. The third kappa shape index (κ3) is 6.24. The lowest BCUT2D eigenvalue weighted by Crippen LogP contribution is -2.38. The summed E-state index contributed by atoms with van der Waals surface area (Å²) in [6, 6.07) is 12.0. The molecule has 174 valence electrons. The Morgan fingerprint density at radius 3 is 2.59 bits per heavy atom. The summed E-state index contributed by atoms with van der Waals surface area (Å²) in [5.74, 6) is 0.487. The molecule has 3 rings (SSSR count). The van der Waals surface area contributed by atoms with Crippen molar-refractivity contribution in [3.05, 3.63) is 53.1 Å². The average molecular weight is 479 g/mol. The van der Waals surface area contributed by atoms with E-state index < -0.39 is 10.0 Å². The van der Waals surface area contributed by atoms with Gasteiger partial charge in [0, 0.05) is 24.5 Å². The third-order valence-electron chi connectivity index (χ3n) is 5.85. The number of amides is 1. The normalized spacial score (nSPS) is 15.0. The molecule has 0 unspecified atom stereocenters. The first kappa shape index (κ1) is 24.6. The van der Waals surface area contributed by atoms with E-state index in [1.54, 1.807) is 37.4 Å². The molecule has 1 aliphatic rings. The fourth-order valence-corrected chi connectivity index (χ4v) is 5.78. The summed E-state index contributed by atoms with van der Waals surface area (Å²) < 4.78 is 33.7. The monoisotopic (exact) mass is 478 g/mol. The number of nitrogens with one attached hydrogen (secondary N) is 1. The van der Waals surface area contributed by atoms with Crippen LogP contribution in [-0.2, 0) is 14.8 Å². The Kier molecular flexibility index (Phi) is 8.57. The largest absolute Gasteiger partial charge is 0.493 e. The van der Waals surface area contributed by atoms with E-state index in [-0.39, 0.29) is 23.3 Å². The Morgan fingerprint density at radius 2 is 1.88 bits per heavy atom. The van der Waals surface area contributed by atoms with Gasteiger partial charge in [-0.2, -0.15) is 4.31 Å². The predicted molar refractivity (Wildman–Crippen MR) is 128 cm³/mol. The lowest BCUT2D eigenvalue weighted by atomic mass is 9.96. The van der Waals surface area contributed by atoms with E-state index in [1.807, 2.05) is 19.1 Å². The van der Waals surface area contributed by atoms with Crippen molar-refractivity contribution >= 4 is 33.2 Å². The lowest BCUT2D eigenvalue weighted by Gasteiger charge is -2.30. The summed E-state index contributed by atoms with van der Waals surface area (Å²) in [6.45, 7) is 2.29. The molecule has 1 amide bonds. The van der Waals surface area contributed by atoms with Crippen molar-refractivity contribution in [1.82, 2.24) is 4.31 Å². The highest BCUT2D eigenvalue weighted by Crippen LogP contribution is 2.30. The lowest BCUT2D eigenvalue weighted by molar-refractivity contribution is -0.116. The Bertz CT molecular complexity index is 1040. The Morgan fingerprint density at radius 1 is 1.16 bits per heavy atom. The first-order chi connectivity index (χ1) is 15.3.